The minimum atomic E-state index is -4.87. The summed E-state index contributed by atoms with van der Waals surface area (Å²) in [5.41, 5.74) is 3.83. The van der Waals surface area contributed by atoms with Gasteiger partial charge in [0, 0.05) is 18.4 Å². The van der Waals surface area contributed by atoms with E-state index in [9.17, 15) is 26.4 Å². The molecule has 0 aliphatic carbocycles. The van der Waals surface area contributed by atoms with Crippen LogP contribution in [0.5, 0.6) is 0 Å². The largest absolute Gasteiger partial charge is 0.463 e. The SMILES string of the molecule is CCN(CC)CCOC(=O)CN=C(/C(Br)=C(\N)C(F)(F)F)c1ccc(-c2cccc(S(C)(=O)=O)c2)o1. The number of benzene rings is 1. The Bertz CT molecular complexity index is 1240. The van der Waals surface area contributed by atoms with Crippen LogP contribution >= 0.6 is 15.9 Å². The number of allylic oxidation sites excluding steroid dienone is 2. The highest BCUT2D eigenvalue weighted by Gasteiger charge is 2.35. The third kappa shape index (κ3) is 8.20. The molecule has 198 valence electrons. The van der Waals surface area contributed by atoms with Crippen molar-refractivity contribution in [3.05, 3.63) is 52.3 Å². The van der Waals surface area contributed by atoms with Crippen molar-refractivity contribution in [3.8, 4) is 11.3 Å². The maximum absolute atomic E-state index is 13.3. The molecular weight excluding hydrogens is 567 g/mol. The van der Waals surface area contributed by atoms with E-state index in [-0.39, 0.29) is 28.7 Å². The van der Waals surface area contributed by atoms with Crippen molar-refractivity contribution in [2.24, 2.45) is 10.7 Å². The van der Waals surface area contributed by atoms with Crippen LogP contribution in [-0.4, -0.2) is 70.2 Å². The van der Waals surface area contributed by atoms with Gasteiger partial charge >= 0.3 is 12.1 Å². The van der Waals surface area contributed by atoms with Crippen molar-refractivity contribution in [1.82, 2.24) is 4.90 Å². The number of aliphatic imine (C=N–C) groups is 1. The second-order valence-electron chi connectivity index (χ2n) is 7.60. The minimum absolute atomic E-state index is 0.0432. The lowest BCUT2D eigenvalue weighted by molar-refractivity contribution is -0.142. The number of likely N-dealkylation sites (N-methyl/N-ethyl adjacent to an activating group) is 1. The number of nitrogens with two attached hydrogens (primary N) is 1. The average molecular weight is 594 g/mol. The summed E-state index contributed by atoms with van der Waals surface area (Å²) in [5.74, 6) is -0.682. The van der Waals surface area contributed by atoms with Crippen LogP contribution in [0.1, 0.15) is 19.6 Å². The summed E-state index contributed by atoms with van der Waals surface area (Å²) >= 11 is 2.83. The van der Waals surface area contributed by atoms with Gasteiger partial charge in [0.25, 0.3) is 0 Å². The van der Waals surface area contributed by atoms with Crippen molar-refractivity contribution < 1.29 is 35.5 Å². The fourth-order valence-corrected chi connectivity index (χ4v) is 4.24. The number of esters is 1. The van der Waals surface area contributed by atoms with Crippen LogP contribution in [-0.2, 0) is 19.4 Å². The molecule has 2 aromatic rings. The molecule has 8 nitrogen and oxygen atoms in total. The Hall–Kier alpha value is -2.64. The van der Waals surface area contributed by atoms with Crippen LogP contribution in [0.2, 0.25) is 0 Å². The number of hydrogen-bond donors (Lipinski definition) is 1. The highest BCUT2D eigenvalue weighted by atomic mass is 79.9. The summed E-state index contributed by atoms with van der Waals surface area (Å²) in [6, 6.07) is 8.66. The average Bonchev–Trinajstić information content (AvgIpc) is 3.30. The van der Waals surface area contributed by atoms with Crippen LogP contribution in [0.3, 0.4) is 0 Å². The van der Waals surface area contributed by atoms with Gasteiger partial charge in [0.15, 0.2) is 15.6 Å². The lowest BCUT2D eigenvalue weighted by atomic mass is 10.2. The Kier molecular flexibility index (Phi) is 10.3. The molecule has 1 aromatic carbocycles. The first kappa shape index (κ1) is 29.6. The lowest BCUT2D eigenvalue weighted by Gasteiger charge is -2.17. The van der Waals surface area contributed by atoms with E-state index >= 15 is 0 Å². The quantitative estimate of drug-likeness (QED) is 0.307. The Morgan fingerprint density at radius 3 is 2.44 bits per heavy atom. The summed E-state index contributed by atoms with van der Waals surface area (Å²) in [5, 5.41) is 0. The number of ether oxygens (including phenoxy) is 1. The molecule has 2 N–H and O–H groups in total. The molecule has 0 saturated carbocycles. The van der Waals surface area contributed by atoms with Gasteiger partial charge in [-0.05, 0) is 53.3 Å². The summed E-state index contributed by atoms with van der Waals surface area (Å²) in [7, 11) is -3.50. The summed E-state index contributed by atoms with van der Waals surface area (Å²) in [4.78, 5) is 18.2. The molecule has 36 heavy (non-hydrogen) atoms. The molecule has 1 aromatic heterocycles. The number of hydrogen-bond acceptors (Lipinski definition) is 8. The van der Waals surface area contributed by atoms with Crippen LogP contribution in [0.15, 0.2) is 60.9 Å². The smallest absolute Gasteiger partial charge is 0.431 e. The first-order chi connectivity index (χ1) is 16.8. The third-order valence-corrected chi connectivity index (χ3v) is 6.98. The molecule has 0 atom stereocenters. The van der Waals surface area contributed by atoms with Gasteiger partial charge in [-0.2, -0.15) is 13.2 Å². The zero-order valence-electron chi connectivity index (χ0n) is 19.9. The van der Waals surface area contributed by atoms with Gasteiger partial charge in [-0.15, -0.1) is 0 Å². The Morgan fingerprint density at radius 2 is 1.86 bits per heavy atom. The van der Waals surface area contributed by atoms with Gasteiger partial charge in [0.2, 0.25) is 0 Å². The van der Waals surface area contributed by atoms with Crippen LogP contribution in [0.25, 0.3) is 11.3 Å². The first-order valence-corrected chi connectivity index (χ1v) is 13.5. The molecule has 0 saturated heterocycles. The molecule has 0 spiro atoms. The van der Waals surface area contributed by atoms with E-state index in [1.165, 1.54) is 30.3 Å². The van der Waals surface area contributed by atoms with E-state index in [1.54, 1.807) is 6.07 Å². The van der Waals surface area contributed by atoms with E-state index in [4.69, 9.17) is 14.9 Å². The zero-order chi connectivity index (χ0) is 27.1. The van der Waals surface area contributed by atoms with E-state index in [0.717, 1.165) is 19.3 Å². The summed E-state index contributed by atoms with van der Waals surface area (Å²) < 4.78 is 73.7. The van der Waals surface area contributed by atoms with Crippen LogP contribution < -0.4 is 5.73 Å². The van der Waals surface area contributed by atoms with Crippen molar-refractivity contribution in [2.75, 3.05) is 39.0 Å². The molecule has 0 aliphatic heterocycles. The highest BCUT2D eigenvalue weighted by molar-refractivity contribution is 9.12. The number of furan rings is 1. The number of carbonyl (C=O) groups is 1. The van der Waals surface area contributed by atoms with Crippen molar-refractivity contribution >= 4 is 37.4 Å². The predicted molar refractivity (Wildman–Crippen MR) is 134 cm³/mol. The maximum Gasteiger partial charge on any atom is 0.431 e. The van der Waals surface area contributed by atoms with Crippen molar-refractivity contribution in [2.45, 2.75) is 24.9 Å². The topological polar surface area (TPSA) is 115 Å². The first-order valence-electron chi connectivity index (χ1n) is 10.8. The summed E-state index contributed by atoms with van der Waals surface area (Å²) in [6.07, 6.45) is -3.82. The van der Waals surface area contributed by atoms with Crippen molar-refractivity contribution in [1.29, 1.82) is 0 Å². The lowest BCUT2D eigenvalue weighted by Crippen LogP contribution is -2.28. The van der Waals surface area contributed by atoms with Gasteiger partial charge in [-0.1, -0.05) is 26.0 Å². The van der Waals surface area contributed by atoms with E-state index in [2.05, 4.69) is 20.9 Å². The molecule has 1 heterocycles. The molecule has 0 bridgehead atoms. The molecule has 0 unspecified atom stereocenters. The van der Waals surface area contributed by atoms with E-state index in [1.807, 2.05) is 18.7 Å². The number of halogens is 4. The van der Waals surface area contributed by atoms with Gasteiger partial charge in [0.05, 0.1) is 9.38 Å². The molecule has 2 rings (SSSR count). The second kappa shape index (κ2) is 12.5. The van der Waals surface area contributed by atoms with E-state index < -0.39 is 38.7 Å². The fraction of sp³-hybridized carbons (Fsp3) is 0.391. The third-order valence-electron chi connectivity index (χ3n) is 5.07. The molecule has 0 aliphatic rings. The van der Waals surface area contributed by atoms with Crippen LogP contribution in [0.4, 0.5) is 13.2 Å². The van der Waals surface area contributed by atoms with Crippen molar-refractivity contribution in [3.63, 3.8) is 0 Å². The van der Waals surface area contributed by atoms with Gasteiger partial charge in [-0.25, -0.2) is 8.42 Å². The number of alkyl halides is 3. The normalized spacial score (nSPS) is 13.6. The standard InChI is InChI=1S/C23H27BrF3N3O5S/c1-4-30(5-2)11-12-34-19(31)14-29-21(20(24)22(28)23(25,26)27)18-10-9-17(35-18)15-7-6-8-16(13-15)36(3,32)33/h6-10,13H,4-5,11-12,14,28H2,1-3H3/b22-20+,29-21?. The molecule has 0 amide bonds. The van der Waals surface area contributed by atoms with Gasteiger partial charge < -0.3 is 19.8 Å². The maximum atomic E-state index is 13.3. The van der Waals surface area contributed by atoms with Gasteiger partial charge in [-0.3, -0.25) is 9.79 Å². The predicted octanol–water partition coefficient (Wildman–Crippen LogP) is 4.15. The van der Waals surface area contributed by atoms with Gasteiger partial charge in [0.1, 0.15) is 30.3 Å². The van der Waals surface area contributed by atoms with Crippen LogP contribution in [0, 0.1) is 0 Å². The molecular formula is C23H27BrF3N3O5S. The Balaban J connectivity index is 2.37. The monoisotopic (exact) mass is 593 g/mol. The van der Waals surface area contributed by atoms with E-state index in [0.29, 0.717) is 12.1 Å². The highest BCUT2D eigenvalue weighted by Crippen LogP contribution is 2.31. The molecule has 0 fully saturated rings. The number of nitrogens with zero attached hydrogens (tertiary/aromatic N) is 2. The zero-order valence-corrected chi connectivity index (χ0v) is 22.3. The second-order valence-corrected chi connectivity index (χ2v) is 10.4. The number of carbonyl (C=O) groups excluding carboxylic acids is 1. The molecule has 0 radical (unpaired) electrons. The number of sulfone groups is 1. The summed E-state index contributed by atoms with van der Waals surface area (Å²) in [6.45, 7) is 5.52. The Labute approximate surface area is 216 Å². The number of rotatable bonds is 11. The minimum Gasteiger partial charge on any atom is -0.463 e. The fourth-order valence-electron chi connectivity index (χ4n) is 3.03. The Morgan fingerprint density at radius 1 is 1.19 bits per heavy atom. The molecule has 13 heteroatoms.